The summed E-state index contributed by atoms with van der Waals surface area (Å²) in [6.45, 7) is 2.89. The molecule has 4 heteroatoms. The number of piperidine rings is 1. The van der Waals surface area contributed by atoms with Crippen LogP contribution in [-0.4, -0.2) is 32.5 Å². The van der Waals surface area contributed by atoms with Gasteiger partial charge in [-0.25, -0.2) is 8.42 Å². The van der Waals surface area contributed by atoms with Gasteiger partial charge in [0.2, 0.25) is 0 Å². The lowest BCUT2D eigenvalue weighted by Crippen LogP contribution is -2.46. The molecule has 1 aliphatic heterocycles. The molecule has 1 fully saturated rings. The molecule has 1 aliphatic rings. The quantitative estimate of drug-likeness (QED) is 0.621. The minimum atomic E-state index is -2.84. The van der Waals surface area contributed by atoms with Crippen LogP contribution in [0.4, 0.5) is 0 Å². The van der Waals surface area contributed by atoms with Crippen LogP contribution in [0.3, 0.4) is 0 Å². The van der Waals surface area contributed by atoms with Crippen LogP contribution in [0.15, 0.2) is 0 Å². The van der Waals surface area contributed by atoms with Crippen LogP contribution < -0.4 is 5.32 Å². The lowest BCUT2D eigenvalue weighted by molar-refractivity contribution is 0.419. The summed E-state index contributed by atoms with van der Waals surface area (Å²) in [6, 6.07) is 0.124. The predicted octanol–water partition coefficient (Wildman–Crippen LogP) is 0.171. The molecular weight excluding hydrogens is 162 g/mol. The highest BCUT2D eigenvalue weighted by Crippen LogP contribution is 2.15. The Kier molecular flexibility index (Phi) is 2.54. The van der Waals surface area contributed by atoms with Crippen molar-refractivity contribution in [3.8, 4) is 0 Å². The fourth-order valence-corrected chi connectivity index (χ4v) is 3.03. The van der Waals surface area contributed by atoms with Gasteiger partial charge in [-0.05, 0) is 26.3 Å². The Morgan fingerprint density at radius 1 is 1.45 bits per heavy atom. The Bertz CT molecular complexity index is 223. The third-order valence-electron chi connectivity index (χ3n) is 2.24. The lowest BCUT2D eigenvalue weighted by atomic mass is 10.1. The van der Waals surface area contributed by atoms with Gasteiger partial charge in [-0.2, -0.15) is 0 Å². The van der Waals surface area contributed by atoms with E-state index in [-0.39, 0.29) is 11.3 Å². The first-order valence-corrected chi connectivity index (χ1v) is 5.89. The molecule has 0 amide bonds. The first-order chi connectivity index (χ1) is 5.02. The summed E-state index contributed by atoms with van der Waals surface area (Å²) in [4.78, 5) is 0. The molecule has 0 aromatic carbocycles. The zero-order valence-corrected chi connectivity index (χ0v) is 7.82. The maximum atomic E-state index is 11.2. The minimum Gasteiger partial charge on any atom is -0.313 e. The van der Waals surface area contributed by atoms with Gasteiger partial charge in [0.1, 0.15) is 0 Å². The molecule has 0 radical (unpaired) electrons. The van der Waals surface area contributed by atoms with Gasteiger partial charge in [-0.1, -0.05) is 0 Å². The van der Waals surface area contributed by atoms with E-state index in [1.54, 1.807) is 0 Å². The molecule has 11 heavy (non-hydrogen) atoms. The van der Waals surface area contributed by atoms with E-state index in [1.165, 1.54) is 6.26 Å². The maximum absolute atomic E-state index is 11.2. The molecular formula is C7H15NO2S. The van der Waals surface area contributed by atoms with Crippen LogP contribution in [0, 0.1) is 0 Å². The molecule has 66 valence electrons. The molecule has 0 bridgehead atoms. The number of rotatable bonds is 1. The molecule has 0 aliphatic carbocycles. The highest BCUT2D eigenvalue weighted by atomic mass is 32.2. The molecule has 1 saturated heterocycles. The molecule has 0 spiro atoms. The van der Waals surface area contributed by atoms with Gasteiger partial charge in [0.05, 0.1) is 5.25 Å². The van der Waals surface area contributed by atoms with Crippen molar-refractivity contribution in [3.05, 3.63) is 0 Å². The van der Waals surface area contributed by atoms with Crippen molar-refractivity contribution in [2.45, 2.75) is 31.1 Å². The Morgan fingerprint density at radius 3 is 2.45 bits per heavy atom. The van der Waals surface area contributed by atoms with Gasteiger partial charge >= 0.3 is 0 Å². The third kappa shape index (κ3) is 2.17. The van der Waals surface area contributed by atoms with Gasteiger partial charge in [0, 0.05) is 12.3 Å². The molecule has 2 unspecified atom stereocenters. The zero-order chi connectivity index (χ0) is 8.48. The van der Waals surface area contributed by atoms with Crippen LogP contribution in [0.25, 0.3) is 0 Å². The monoisotopic (exact) mass is 177 g/mol. The minimum absolute atomic E-state index is 0.124. The van der Waals surface area contributed by atoms with E-state index < -0.39 is 9.84 Å². The van der Waals surface area contributed by atoms with Crippen molar-refractivity contribution in [1.82, 2.24) is 5.32 Å². The van der Waals surface area contributed by atoms with Gasteiger partial charge in [0.25, 0.3) is 0 Å². The van der Waals surface area contributed by atoms with Gasteiger partial charge in [0.15, 0.2) is 9.84 Å². The number of sulfone groups is 1. The molecule has 0 aromatic rings. The van der Waals surface area contributed by atoms with Crippen LogP contribution in [0.5, 0.6) is 0 Å². The second-order valence-electron chi connectivity index (χ2n) is 3.25. The van der Waals surface area contributed by atoms with Crippen molar-refractivity contribution >= 4 is 9.84 Å². The second-order valence-corrected chi connectivity index (χ2v) is 5.52. The van der Waals surface area contributed by atoms with Crippen molar-refractivity contribution in [2.24, 2.45) is 0 Å². The van der Waals surface area contributed by atoms with E-state index >= 15 is 0 Å². The molecule has 1 N–H and O–H groups in total. The van der Waals surface area contributed by atoms with Crippen LogP contribution in [-0.2, 0) is 9.84 Å². The lowest BCUT2D eigenvalue weighted by Gasteiger charge is -2.28. The summed E-state index contributed by atoms with van der Waals surface area (Å²) < 4.78 is 22.3. The Balaban J connectivity index is 2.70. The summed E-state index contributed by atoms with van der Waals surface area (Å²) in [7, 11) is -2.84. The molecule has 0 aromatic heterocycles. The third-order valence-corrected chi connectivity index (χ3v) is 3.98. The zero-order valence-electron chi connectivity index (χ0n) is 7.00. The molecule has 3 nitrogen and oxygen atoms in total. The number of hydrogen-bond donors (Lipinski definition) is 1. The smallest absolute Gasteiger partial charge is 0.151 e. The summed E-state index contributed by atoms with van der Waals surface area (Å²) in [5.74, 6) is 0. The summed E-state index contributed by atoms with van der Waals surface area (Å²) >= 11 is 0. The van der Waals surface area contributed by atoms with Gasteiger partial charge in [-0.15, -0.1) is 0 Å². The number of hydrogen-bond acceptors (Lipinski definition) is 3. The first-order valence-electron chi connectivity index (χ1n) is 3.94. The average Bonchev–Trinajstić information content (AvgIpc) is 1.86. The summed E-state index contributed by atoms with van der Waals surface area (Å²) in [5.41, 5.74) is 0. The Morgan fingerprint density at radius 2 is 2.09 bits per heavy atom. The van der Waals surface area contributed by atoms with Crippen LogP contribution in [0.2, 0.25) is 0 Å². The van der Waals surface area contributed by atoms with E-state index in [1.807, 2.05) is 6.92 Å². The topological polar surface area (TPSA) is 46.2 Å². The van der Waals surface area contributed by atoms with Gasteiger partial charge < -0.3 is 5.32 Å². The van der Waals surface area contributed by atoms with Crippen LogP contribution >= 0.6 is 0 Å². The molecule has 0 saturated carbocycles. The second kappa shape index (κ2) is 3.11. The fourth-order valence-electron chi connectivity index (χ4n) is 1.60. The predicted molar refractivity (Wildman–Crippen MR) is 45.3 cm³/mol. The van der Waals surface area contributed by atoms with Gasteiger partial charge in [-0.3, -0.25) is 0 Å². The van der Waals surface area contributed by atoms with E-state index in [0.717, 1.165) is 19.4 Å². The van der Waals surface area contributed by atoms with Crippen molar-refractivity contribution in [2.75, 3.05) is 12.8 Å². The fraction of sp³-hybridized carbons (Fsp3) is 1.00. The van der Waals surface area contributed by atoms with Crippen molar-refractivity contribution in [1.29, 1.82) is 0 Å². The van der Waals surface area contributed by atoms with E-state index in [4.69, 9.17) is 0 Å². The number of nitrogens with one attached hydrogen (secondary N) is 1. The molecule has 1 heterocycles. The van der Waals surface area contributed by atoms with Crippen molar-refractivity contribution in [3.63, 3.8) is 0 Å². The van der Waals surface area contributed by atoms with Crippen molar-refractivity contribution < 1.29 is 8.42 Å². The standard InChI is InChI=1S/C7H15NO2S/c1-6-7(11(2,9)10)4-3-5-8-6/h6-8H,3-5H2,1-2H3. The highest BCUT2D eigenvalue weighted by Gasteiger charge is 2.28. The summed E-state index contributed by atoms with van der Waals surface area (Å²) in [5, 5.41) is 2.99. The maximum Gasteiger partial charge on any atom is 0.151 e. The highest BCUT2D eigenvalue weighted by molar-refractivity contribution is 7.91. The van der Waals surface area contributed by atoms with Crippen LogP contribution in [0.1, 0.15) is 19.8 Å². The average molecular weight is 177 g/mol. The normalized spacial score (nSPS) is 33.6. The van der Waals surface area contributed by atoms with E-state index in [2.05, 4.69) is 5.32 Å². The Labute approximate surface area is 68.1 Å². The Hall–Kier alpha value is -0.0900. The largest absolute Gasteiger partial charge is 0.313 e. The molecule has 1 rings (SSSR count). The first kappa shape index (κ1) is 9.00. The van der Waals surface area contributed by atoms with E-state index in [0.29, 0.717) is 0 Å². The molecule has 2 atom stereocenters. The SMILES string of the molecule is CC1NCCCC1S(C)(=O)=O. The van der Waals surface area contributed by atoms with E-state index in [9.17, 15) is 8.42 Å². The summed E-state index contributed by atoms with van der Waals surface area (Å²) in [6.07, 6.45) is 3.11.